The zero-order valence-corrected chi connectivity index (χ0v) is 17.2. The summed E-state index contributed by atoms with van der Waals surface area (Å²) >= 11 is 3.32. The second kappa shape index (κ2) is 9.43. The van der Waals surface area contributed by atoms with E-state index in [0.29, 0.717) is 6.42 Å². The SMILES string of the molecule is CCCCN(C)CCC(=O)N1CCN(c2nnc(-c3cccs3)s2)CC1. The smallest absolute Gasteiger partial charge is 0.223 e. The summed E-state index contributed by atoms with van der Waals surface area (Å²) in [4.78, 5) is 20.1. The van der Waals surface area contributed by atoms with Gasteiger partial charge in [-0.25, -0.2) is 0 Å². The third kappa shape index (κ3) is 5.02. The van der Waals surface area contributed by atoms with Gasteiger partial charge in [-0.3, -0.25) is 4.79 Å². The lowest BCUT2D eigenvalue weighted by Gasteiger charge is -2.34. The molecule has 3 heterocycles. The van der Waals surface area contributed by atoms with Gasteiger partial charge in [0, 0.05) is 39.1 Å². The van der Waals surface area contributed by atoms with Crippen molar-refractivity contribution in [2.45, 2.75) is 26.2 Å². The molecule has 26 heavy (non-hydrogen) atoms. The molecule has 6 nitrogen and oxygen atoms in total. The molecule has 1 aliphatic heterocycles. The summed E-state index contributed by atoms with van der Waals surface area (Å²) in [6, 6.07) is 4.11. The Morgan fingerprint density at radius 1 is 1.23 bits per heavy atom. The minimum atomic E-state index is 0.268. The van der Waals surface area contributed by atoms with Gasteiger partial charge >= 0.3 is 0 Å². The van der Waals surface area contributed by atoms with Crippen molar-refractivity contribution in [3.8, 4) is 9.88 Å². The molecule has 2 aromatic rings. The first kappa shape index (κ1) is 19.3. The Bertz CT molecular complexity index is 680. The van der Waals surface area contributed by atoms with Gasteiger partial charge in [0.15, 0.2) is 5.01 Å². The van der Waals surface area contributed by atoms with Crippen molar-refractivity contribution in [3.05, 3.63) is 17.5 Å². The number of carbonyl (C=O) groups is 1. The van der Waals surface area contributed by atoms with Gasteiger partial charge in [-0.1, -0.05) is 30.7 Å². The van der Waals surface area contributed by atoms with Gasteiger partial charge in [-0.2, -0.15) is 0 Å². The summed E-state index contributed by atoms with van der Waals surface area (Å²) in [5.41, 5.74) is 0. The number of rotatable bonds is 8. The molecule has 1 saturated heterocycles. The number of amides is 1. The standard InChI is InChI=1S/C18H27N5OS2/c1-3-4-8-21(2)9-7-16(24)22-10-12-23(13-11-22)18-20-19-17(26-18)15-6-5-14-25-15/h5-6,14H,3-4,7-13H2,1-2H3. The fraction of sp³-hybridized carbons (Fsp3) is 0.611. The van der Waals surface area contributed by atoms with E-state index in [4.69, 9.17) is 0 Å². The second-order valence-electron chi connectivity index (χ2n) is 6.64. The number of carbonyl (C=O) groups excluding carboxylic acids is 1. The maximum Gasteiger partial charge on any atom is 0.223 e. The van der Waals surface area contributed by atoms with Crippen molar-refractivity contribution >= 4 is 33.7 Å². The normalized spacial score (nSPS) is 15.0. The second-order valence-corrected chi connectivity index (χ2v) is 8.55. The van der Waals surface area contributed by atoms with Crippen molar-refractivity contribution in [2.24, 2.45) is 0 Å². The van der Waals surface area contributed by atoms with Crippen molar-refractivity contribution in [1.29, 1.82) is 0 Å². The van der Waals surface area contributed by atoms with E-state index in [1.54, 1.807) is 22.7 Å². The van der Waals surface area contributed by atoms with Crippen LogP contribution in [0.5, 0.6) is 0 Å². The number of anilines is 1. The minimum absolute atomic E-state index is 0.268. The molecular weight excluding hydrogens is 366 g/mol. The van der Waals surface area contributed by atoms with Crippen molar-refractivity contribution < 1.29 is 4.79 Å². The van der Waals surface area contributed by atoms with E-state index >= 15 is 0 Å². The lowest BCUT2D eigenvalue weighted by molar-refractivity contribution is -0.131. The maximum atomic E-state index is 12.4. The Balaban J connectivity index is 1.44. The first-order valence-corrected chi connectivity index (χ1v) is 11.0. The van der Waals surface area contributed by atoms with Gasteiger partial charge < -0.3 is 14.7 Å². The van der Waals surface area contributed by atoms with Gasteiger partial charge in [0.05, 0.1) is 4.88 Å². The molecule has 1 amide bonds. The molecule has 0 bridgehead atoms. The van der Waals surface area contributed by atoms with E-state index in [1.165, 1.54) is 12.8 Å². The van der Waals surface area contributed by atoms with Gasteiger partial charge in [0.1, 0.15) is 0 Å². The molecule has 142 valence electrons. The van der Waals surface area contributed by atoms with Crippen LogP contribution < -0.4 is 4.90 Å². The number of unbranched alkanes of at least 4 members (excludes halogenated alkanes) is 1. The molecular formula is C18H27N5OS2. The predicted molar refractivity (Wildman–Crippen MR) is 109 cm³/mol. The highest BCUT2D eigenvalue weighted by Crippen LogP contribution is 2.31. The minimum Gasteiger partial charge on any atom is -0.343 e. The summed E-state index contributed by atoms with van der Waals surface area (Å²) in [6.45, 7) is 7.31. The van der Waals surface area contributed by atoms with Crippen molar-refractivity contribution in [2.75, 3.05) is 51.2 Å². The lowest BCUT2D eigenvalue weighted by atomic mass is 10.2. The summed E-state index contributed by atoms with van der Waals surface area (Å²) < 4.78 is 0. The quantitative estimate of drug-likeness (QED) is 0.690. The van der Waals surface area contributed by atoms with Crippen LogP contribution in [-0.2, 0) is 4.79 Å². The Hall–Kier alpha value is -1.51. The Labute approximate surface area is 163 Å². The van der Waals surface area contributed by atoms with Crippen LogP contribution in [0.2, 0.25) is 0 Å². The number of thiophene rings is 1. The molecule has 0 atom stereocenters. The lowest BCUT2D eigenvalue weighted by Crippen LogP contribution is -2.49. The van der Waals surface area contributed by atoms with E-state index in [9.17, 15) is 4.79 Å². The molecule has 3 rings (SSSR count). The number of nitrogens with zero attached hydrogens (tertiary/aromatic N) is 5. The third-order valence-corrected chi connectivity index (χ3v) is 6.67. The predicted octanol–water partition coefficient (Wildman–Crippen LogP) is 3.04. The fourth-order valence-electron chi connectivity index (χ4n) is 2.97. The molecule has 0 unspecified atom stereocenters. The van der Waals surface area contributed by atoms with Gasteiger partial charge in [0.25, 0.3) is 0 Å². The third-order valence-electron chi connectivity index (χ3n) is 4.65. The fourth-order valence-corrected chi connectivity index (χ4v) is 4.66. The van der Waals surface area contributed by atoms with Crippen LogP contribution in [0.15, 0.2) is 17.5 Å². The van der Waals surface area contributed by atoms with E-state index in [0.717, 1.165) is 54.3 Å². The van der Waals surface area contributed by atoms with Gasteiger partial charge in [-0.05, 0) is 31.5 Å². The summed E-state index contributed by atoms with van der Waals surface area (Å²) in [5, 5.41) is 12.6. The molecule has 1 fully saturated rings. The van der Waals surface area contributed by atoms with Crippen LogP contribution >= 0.6 is 22.7 Å². The van der Waals surface area contributed by atoms with Crippen LogP contribution in [0.3, 0.4) is 0 Å². The van der Waals surface area contributed by atoms with Crippen LogP contribution in [0.1, 0.15) is 26.2 Å². The van der Waals surface area contributed by atoms with Gasteiger partial charge in [-0.15, -0.1) is 21.5 Å². The highest BCUT2D eigenvalue weighted by molar-refractivity contribution is 7.22. The van der Waals surface area contributed by atoms with Crippen LogP contribution in [0.4, 0.5) is 5.13 Å². The zero-order chi connectivity index (χ0) is 18.4. The van der Waals surface area contributed by atoms with Crippen LogP contribution in [0, 0.1) is 0 Å². The molecule has 0 saturated carbocycles. The van der Waals surface area contributed by atoms with E-state index < -0.39 is 0 Å². The molecule has 0 aromatic carbocycles. The van der Waals surface area contributed by atoms with Crippen LogP contribution in [0.25, 0.3) is 9.88 Å². The van der Waals surface area contributed by atoms with Crippen LogP contribution in [-0.4, -0.2) is 72.2 Å². The highest BCUT2D eigenvalue weighted by atomic mass is 32.1. The topological polar surface area (TPSA) is 52.6 Å². The molecule has 0 N–H and O–H groups in total. The number of piperazine rings is 1. The van der Waals surface area contributed by atoms with Gasteiger partial charge in [0.2, 0.25) is 11.0 Å². The van der Waals surface area contributed by atoms with E-state index in [-0.39, 0.29) is 5.91 Å². The Kier molecular flexibility index (Phi) is 6.99. The highest BCUT2D eigenvalue weighted by Gasteiger charge is 2.23. The Morgan fingerprint density at radius 3 is 2.73 bits per heavy atom. The van der Waals surface area contributed by atoms with E-state index in [2.05, 4.69) is 45.4 Å². The van der Waals surface area contributed by atoms with Crippen molar-refractivity contribution in [1.82, 2.24) is 20.0 Å². The van der Waals surface area contributed by atoms with Crippen molar-refractivity contribution in [3.63, 3.8) is 0 Å². The average molecular weight is 394 g/mol. The summed E-state index contributed by atoms with van der Waals surface area (Å²) in [6.07, 6.45) is 3.00. The maximum absolute atomic E-state index is 12.4. The summed E-state index contributed by atoms with van der Waals surface area (Å²) in [7, 11) is 2.10. The monoisotopic (exact) mass is 393 g/mol. The number of aromatic nitrogens is 2. The average Bonchev–Trinajstić information content (AvgIpc) is 3.36. The van der Waals surface area contributed by atoms with E-state index in [1.807, 2.05) is 11.0 Å². The molecule has 8 heteroatoms. The number of hydrogen-bond donors (Lipinski definition) is 0. The molecule has 2 aromatic heterocycles. The molecule has 0 radical (unpaired) electrons. The zero-order valence-electron chi connectivity index (χ0n) is 15.6. The summed E-state index contributed by atoms with van der Waals surface area (Å²) in [5.74, 6) is 0.268. The molecule has 0 spiro atoms. The Morgan fingerprint density at radius 2 is 2.04 bits per heavy atom. The molecule has 1 aliphatic rings. The largest absolute Gasteiger partial charge is 0.343 e. The molecule has 0 aliphatic carbocycles. The number of hydrogen-bond acceptors (Lipinski definition) is 7. The first-order chi connectivity index (χ1) is 12.7. The first-order valence-electron chi connectivity index (χ1n) is 9.26.